The first-order valence-electron chi connectivity index (χ1n) is 31.6. The second-order valence-corrected chi connectivity index (χ2v) is 26.5. The maximum atomic E-state index is 7.28. The molecule has 6 nitrogen and oxygen atoms in total. The summed E-state index contributed by atoms with van der Waals surface area (Å²) >= 11 is 14.5. The Kier molecular flexibility index (Phi) is 20.2. The van der Waals surface area contributed by atoms with Crippen LogP contribution in [0.3, 0.4) is 0 Å². The number of halogens is 2. The topological polar surface area (TPSA) is 31.0 Å². The van der Waals surface area contributed by atoms with Crippen molar-refractivity contribution < 1.29 is 18.6 Å². The zero-order valence-corrected chi connectivity index (χ0v) is 54.9. The van der Waals surface area contributed by atoms with Crippen molar-refractivity contribution >= 4 is 57.4 Å². The molecule has 4 aromatic carbocycles. The molecule has 0 amide bonds. The van der Waals surface area contributed by atoms with Crippen LogP contribution in [-0.4, -0.2) is 72.2 Å². The number of terminal acetylenes is 2. The highest BCUT2D eigenvalue weighted by atomic mass is 35.5. The van der Waals surface area contributed by atoms with Gasteiger partial charge in [0, 0.05) is 124 Å². The average Bonchev–Trinajstić information content (AvgIpc) is 1.74. The van der Waals surface area contributed by atoms with Gasteiger partial charge < -0.3 is 19.3 Å². The highest BCUT2D eigenvalue weighted by Crippen LogP contribution is 2.50. The summed E-state index contributed by atoms with van der Waals surface area (Å²) in [5, 5.41) is 1.64. The van der Waals surface area contributed by atoms with E-state index in [0.717, 1.165) is 110 Å². The average molecular weight is 1190 g/mol. The maximum Gasteiger partial charge on any atom is 0.209 e. The van der Waals surface area contributed by atoms with Crippen LogP contribution < -0.4 is 9.80 Å². The predicted molar refractivity (Wildman–Crippen MR) is 365 cm³/mol. The van der Waals surface area contributed by atoms with Gasteiger partial charge in [0.05, 0.1) is 23.0 Å². The van der Waals surface area contributed by atoms with Gasteiger partial charge in [-0.1, -0.05) is 187 Å². The van der Waals surface area contributed by atoms with Gasteiger partial charge in [-0.05, 0) is 106 Å². The molecule has 2 atom stereocenters. The molecular formula is C78H92Cl2N4O2+2. The van der Waals surface area contributed by atoms with E-state index in [4.69, 9.17) is 45.5 Å². The Balaban J connectivity index is 0.000000206. The third-order valence-corrected chi connectivity index (χ3v) is 19.8. The number of anilines is 2. The van der Waals surface area contributed by atoms with Crippen molar-refractivity contribution in [3.63, 3.8) is 0 Å². The van der Waals surface area contributed by atoms with Crippen LogP contribution >= 0.6 is 23.2 Å². The number of para-hydroxylation sites is 4. The molecule has 0 spiro atoms. The third-order valence-electron chi connectivity index (χ3n) is 18.8. The largest absolute Gasteiger partial charge is 0.365 e. The van der Waals surface area contributed by atoms with Crippen molar-refractivity contribution in [1.82, 2.24) is 0 Å². The molecule has 86 heavy (non-hydrogen) atoms. The van der Waals surface area contributed by atoms with Gasteiger partial charge in [0.2, 0.25) is 11.4 Å². The summed E-state index contributed by atoms with van der Waals surface area (Å²) in [6, 6.07) is 35.1. The number of unbranched alkanes of at least 4 members (excludes halogenated alkanes) is 2. The first-order chi connectivity index (χ1) is 41.3. The predicted octanol–water partition coefficient (Wildman–Crippen LogP) is 18.7. The maximum absolute atomic E-state index is 7.28. The summed E-state index contributed by atoms with van der Waals surface area (Å²) in [5.41, 5.74) is 19.8. The monoisotopic (exact) mass is 1190 g/mol. The molecule has 2 unspecified atom stereocenters. The lowest BCUT2D eigenvalue weighted by atomic mass is 9.81. The fourth-order valence-corrected chi connectivity index (χ4v) is 14.7. The number of benzene rings is 4. The number of nitrogens with zero attached hydrogens (tertiary/aromatic N) is 4. The van der Waals surface area contributed by atoms with Gasteiger partial charge in [-0.25, -0.2) is 0 Å². The van der Waals surface area contributed by atoms with Gasteiger partial charge in [-0.15, -0.1) is 12.8 Å². The summed E-state index contributed by atoms with van der Waals surface area (Å²) in [5.74, 6) is 5.30. The molecule has 0 radical (unpaired) electrons. The van der Waals surface area contributed by atoms with Gasteiger partial charge in [-0.2, -0.15) is 9.15 Å². The molecule has 0 fully saturated rings. The van der Waals surface area contributed by atoms with Gasteiger partial charge in [0.25, 0.3) is 0 Å². The van der Waals surface area contributed by atoms with Crippen LogP contribution in [0.2, 0.25) is 0 Å². The molecule has 0 saturated carbocycles. The van der Waals surface area contributed by atoms with E-state index in [9.17, 15) is 0 Å². The van der Waals surface area contributed by atoms with Crippen LogP contribution in [0.4, 0.5) is 22.7 Å². The second-order valence-electron chi connectivity index (χ2n) is 25.8. The van der Waals surface area contributed by atoms with Gasteiger partial charge in [0.15, 0.2) is 11.4 Å². The first-order valence-corrected chi connectivity index (χ1v) is 32.3. The molecule has 4 heterocycles. The van der Waals surface area contributed by atoms with E-state index >= 15 is 0 Å². The summed E-state index contributed by atoms with van der Waals surface area (Å²) in [4.78, 5) is 4.92. The molecular weight excluding hydrogens is 1100 g/mol. The Morgan fingerprint density at radius 1 is 0.512 bits per heavy atom. The highest BCUT2D eigenvalue weighted by molar-refractivity contribution is 6.33. The first kappa shape index (κ1) is 63.9. The Labute approximate surface area is 526 Å². The lowest BCUT2D eigenvalue weighted by molar-refractivity contribution is -0.438. The number of likely N-dealkylation sites (N-methyl/N-ethyl adjacent to an activating group) is 1. The molecule has 10 rings (SSSR count). The number of rotatable bonds is 18. The number of fused-ring (bicyclic) bond motifs is 4. The molecule has 0 bridgehead atoms. The minimum atomic E-state index is -0.101. The lowest BCUT2D eigenvalue weighted by Gasteiger charge is -2.28. The SMILES string of the molecule is C#CCOC1CC(/C=C/C2=[N+](CC)c3ccccc3C2(C)C)=C(Cl)C(=C/C=C2/N(CC)c3ccccc3C2(C)C)/C1.C#CCOC1CC(/C=C/C2=[N+](CCCC)c3ccccc3C2(C)C)=C(Cl)C(=C/C=C2/N(CCCC)c3ccccc3C2(C)C)/C1. The van der Waals surface area contributed by atoms with Gasteiger partial charge >= 0.3 is 0 Å². The summed E-state index contributed by atoms with van der Waals surface area (Å²) in [6.45, 7) is 31.9. The van der Waals surface area contributed by atoms with E-state index in [2.05, 4.69) is 260 Å². The molecule has 8 heteroatoms. The summed E-state index contributed by atoms with van der Waals surface area (Å²) in [6.07, 6.45) is 36.7. The van der Waals surface area contributed by atoms with E-state index in [1.807, 2.05) is 0 Å². The van der Waals surface area contributed by atoms with Crippen molar-refractivity contribution in [2.75, 3.05) is 49.2 Å². The van der Waals surface area contributed by atoms with E-state index in [0.29, 0.717) is 13.2 Å². The molecule has 6 aliphatic rings. The fourth-order valence-electron chi connectivity index (χ4n) is 14.1. The summed E-state index contributed by atoms with van der Waals surface area (Å²) in [7, 11) is 0. The van der Waals surface area contributed by atoms with Crippen molar-refractivity contribution in [2.24, 2.45) is 0 Å². The minimum Gasteiger partial charge on any atom is -0.365 e. The van der Waals surface area contributed by atoms with Crippen molar-refractivity contribution in [2.45, 2.75) is 168 Å². The number of hydrogen-bond donors (Lipinski definition) is 0. The van der Waals surface area contributed by atoms with Crippen LogP contribution in [0.5, 0.6) is 0 Å². The molecule has 2 aliphatic carbocycles. The van der Waals surface area contributed by atoms with Crippen molar-refractivity contribution in [1.29, 1.82) is 0 Å². The third kappa shape index (κ3) is 12.6. The van der Waals surface area contributed by atoms with Crippen LogP contribution in [0.15, 0.2) is 189 Å². The Hall–Kier alpha value is -6.64. The zero-order chi connectivity index (χ0) is 61.6. The normalized spacial score (nSPS) is 22.6. The molecule has 0 aromatic heterocycles. The summed E-state index contributed by atoms with van der Waals surface area (Å²) < 4.78 is 17.2. The smallest absolute Gasteiger partial charge is 0.209 e. The number of ether oxygens (including phenoxy) is 2. The molecule has 0 N–H and O–H groups in total. The van der Waals surface area contributed by atoms with Crippen molar-refractivity contribution in [3.05, 3.63) is 212 Å². The Bertz CT molecular complexity index is 3630. The van der Waals surface area contributed by atoms with E-state index in [-0.39, 0.29) is 33.9 Å². The molecule has 0 saturated heterocycles. The van der Waals surface area contributed by atoms with Crippen molar-refractivity contribution in [3.8, 4) is 24.7 Å². The molecule has 4 aromatic rings. The fraction of sp³-hybridized carbons (Fsp3) is 0.410. The Morgan fingerprint density at radius 2 is 0.930 bits per heavy atom. The van der Waals surface area contributed by atoms with E-state index in [1.165, 1.54) is 67.8 Å². The quantitative estimate of drug-likeness (QED) is 0.0734. The van der Waals surface area contributed by atoms with Gasteiger partial charge in [-0.3, -0.25) is 0 Å². The van der Waals surface area contributed by atoms with E-state index in [1.54, 1.807) is 0 Å². The van der Waals surface area contributed by atoms with Crippen LogP contribution in [0.1, 0.15) is 157 Å². The standard InChI is InChI=1S/C41H50ClN2O.C37H42ClN2O/c1-8-11-25-43-35-19-15-13-17-33(35)40(4,5)37(43)23-21-30-28-32(45-27-10-3)29-31(39(30)42)22-24-38-41(6,7)34-18-14-16-20-36(34)44(38)26-12-9-2;1-8-23-41-28-24-26(19-21-33-36(4,5)29-15-11-13-17-31(29)39(33)9-2)35(38)27(25-28)20-22-34-37(6,7)30-16-12-14-18-32(30)40(34)10-3/h3,13-24,32H,8-9,11-12,25-29H2,1-2,4-7H3;1,11-22,28H,9-10,23-25H2,2-7H3/q2*+1. The van der Waals surface area contributed by atoms with Crippen LogP contribution in [-0.2, 0) is 31.1 Å². The lowest BCUT2D eigenvalue weighted by Crippen LogP contribution is -2.28. The Morgan fingerprint density at radius 3 is 1.38 bits per heavy atom. The second kappa shape index (κ2) is 27.2. The number of hydrogen-bond acceptors (Lipinski definition) is 4. The van der Waals surface area contributed by atoms with Crippen LogP contribution in [0, 0.1) is 24.7 Å². The molecule has 4 aliphatic heterocycles. The van der Waals surface area contributed by atoms with E-state index < -0.39 is 0 Å². The minimum absolute atomic E-state index is 0.0185. The van der Waals surface area contributed by atoms with Gasteiger partial charge in [0.1, 0.15) is 26.3 Å². The highest BCUT2D eigenvalue weighted by Gasteiger charge is 2.46. The van der Waals surface area contributed by atoms with Crippen LogP contribution in [0.25, 0.3) is 0 Å². The zero-order valence-electron chi connectivity index (χ0n) is 53.4. The number of allylic oxidation sites excluding steroid dienone is 12. The molecule has 448 valence electrons.